The molecule has 1 aromatic carbocycles. The van der Waals surface area contributed by atoms with E-state index in [9.17, 15) is 10.1 Å². The lowest BCUT2D eigenvalue weighted by atomic mass is 9.99. The summed E-state index contributed by atoms with van der Waals surface area (Å²) in [5.41, 5.74) is 2.59. The van der Waals surface area contributed by atoms with Crippen molar-refractivity contribution < 1.29 is 4.92 Å². The summed E-state index contributed by atoms with van der Waals surface area (Å²) < 4.78 is 1.00. The number of benzene rings is 1. The van der Waals surface area contributed by atoms with Gasteiger partial charge in [0.2, 0.25) is 0 Å². The van der Waals surface area contributed by atoms with Crippen molar-refractivity contribution in [2.45, 2.75) is 13.0 Å². The Morgan fingerprint density at radius 3 is 2.93 bits per heavy atom. The second-order valence-electron chi connectivity index (χ2n) is 3.81. The number of likely N-dealkylation sites (N-methyl/N-ethyl adjacent to an activating group) is 1. The van der Waals surface area contributed by atoms with Gasteiger partial charge in [0.05, 0.1) is 4.92 Å². The van der Waals surface area contributed by atoms with E-state index in [1.54, 1.807) is 12.1 Å². The summed E-state index contributed by atoms with van der Waals surface area (Å²) in [5, 5.41) is 10.7. The van der Waals surface area contributed by atoms with Crippen molar-refractivity contribution in [2.24, 2.45) is 0 Å². The Labute approximate surface area is 102 Å². The minimum absolute atomic E-state index is 0.211. The summed E-state index contributed by atoms with van der Waals surface area (Å²) in [5.74, 6) is 0. The molecule has 0 aromatic heterocycles. The zero-order valence-corrected chi connectivity index (χ0v) is 10.5. The van der Waals surface area contributed by atoms with Gasteiger partial charge < -0.3 is 4.90 Å². The maximum atomic E-state index is 10.7. The number of nitro groups is 1. The SMILES string of the molecule is CN1CCc2cc([N+](=O)[O-])cc(I)c2C1. The van der Waals surface area contributed by atoms with Crippen LogP contribution in [0.3, 0.4) is 0 Å². The Balaban J connectivity index is 2.48. The highest BCUT2D eigenvalue weighted by Gasteiger charge is 2.19. The van der Waals surface area contributed by atoms with E-state index in [0.717, 1.165) is 28.6 Å². The molecule has 0 radical (unpaired) electrons. The third-order valence-corrected chi connectivity index (χ3v) is 3.64. The van der Waals surface area contributed by atoms with Gasteiger partial charge in [0, 0.05) is 28.8 Å². The lowest BCUT2D eigenvalue weighted by Gasteiger charge is -2.25. The van der Waals surface area contributed by atoms with E-state index in [1.807, 2.05) is 0 Å². The van der Waals surface area contributed by atoms with E-state index in [2.05, 4.69) is 34.5 Å². The van der Waals surface area contributed by atoms with E-state index >= 15 is 0 Å². The van der Waals surface area contributed by atoms with Gasteiger partial charge in [-0.1, -0.05) is 0 Å². The van der Waals surface area contributed by atoms with Gasteiger partial charge in [-0.05, 0) is 47.2 Å². The quantitative estimate of drug-likeness (QED) is 0.453. The van der Waals surface area contributed by atoms with Crippen molar-refractivity contribution in [1.82, 2.24) is 4.90 Å². The molecule has 1 aromatic rings. The first-order valence-electron chi connectivity index (χ1n) is 4.72. The molecule has 0 N–H and O–H groups in total. The van der Waals surface area contributed by atoms with E-state index < -0.39 is 0 Å². The first-order valence-corrected chi connectivity index (χ1v) is 5.80. The number of hydrogen-bond acceptors (Lipinski definition) is 3. The predicted octanol–water partition coefficient (Wildman–Crippen LogP) is 2.19. The fourth-order valence-corrected chi connectivity index (χ4v) is 2.68. The smallest absolute Gasteiger partial charge is 0.270 e. The van der Waals surface area contributed by atoms with Gasteiger partial charge in [0.15, 0.2) is 0 Å². The van der Waals surface area contributed by atoms with Crippen molar-refractivity contribution >= 4 is 28.3 Å². The molecule has 0 bridgehead atoms. The van der Waals surface area contributed by atoms with Crippen LogP contribution in [0.15, 0.2) is 12.1 Å². The van der Waals surface area contributed by atoms with E-state index in [1.165, 1.54) is 5.56 Å². The Morgan fingerprint density at radius 1 is 1.53 bits per heavy atom. The van der Waals surface area contributed by atoms with Crippen molar-refractivity contribution in [3.8, 4) is 0 Å². The number of non-ortho nitro benzene ring substituents is 1. The molecule has 0 amide bonds. The first kappa shape index (κ1) is 10.8. The predicted molar refractivity (Wildman–Crippen MR) is 65.9 cm³/mol. The van der Waals surface area contributed by atoms with Crippen LogP contribution in [0.2, 0.25) is 0 Å². The normalized spacial score (nSPS) is 16.1. The van der Waals surface area contributed by atoms with Gasteiger partial charge >= 0.3 is 0 Å². The van der Waals surface area contributed by atoms with Crippen LogP contribution in [-0.2, 0) is 13.0 Å². The van der Waals surface area contributed by atoms with Crippen LogP contribution < -0.4 is 0 Å². The Morgan fingerprint density at radius 2 is 2.27 bits per heavy atom. The second-order valence-corrected chi connectivity index (χ2v) is 4.97. The Kier molecular flexibility index (Phi) is 2.92. The molecule has 2 rings (SSSR count). The molecule has 0 fully saturated rings. The van der Waals surface area contributed by atoms with Crippen LogP contribution in [0.5, 0.6) is 0 Å². The standard InChI is InChI=1S/C10H11IN2O2/c1-12-3-2-7-4-8(13(14)15)5-10(11)9(7)6-12/h4-5H,2-3,6H2,1H3. The molecule has 4 nitrogen and oxygen atoms in total. The third kappa shape index (κ3) is 2.12. The van der Waals surface area contributed by atoms with Gasteiger partial charge in [-0.2, -0.15) is 0 Å². The zero-order chi connectivity index (χ0) is 11.0. The summed E-state index contributed by atoms with van der Waals surface area (Å²) in [6.45, 7) is 1.87. The maximum Gasteiger partial charge on any atom is 0.270 e. The Hall–Kier alpha value is -0.690. The molecule has 0 saturated carbocycles. The van der Waals surface area contributed by atoms with Crippen LogP contribution >= 0.6 is 22.6 Å². The number of nitrogens with zero attached hydrogens (tertiary/aromatic N) is 2. The van der Waals surface area contributed by atoms with Crippen LogP contribution in [-0.4, -0.2) is 23.4 Å². The third-order valence-electron chi connectivity index (χ3n) is 2.67. The number of halogens is 1. The molecule has 0 unspecified atom stereocenters. The molecule has 0 aliphatic carbocycles. The van der Waals surface area contributed by atoms with Crippen molar-refractivity contribution in [2.75, 3.05) is 13.6 Å². The lowest BCUT2D eigenvalue weighted by molar-refractivity contribution is -0.385. The fourth-order valence-electron chi connectivity index (χ4n) is 1.84. The van der Waals surface area contributed by atoms with Gasteiger partial charge in [-0.15, -0.1) is 0 Å². The van der Waals surface area contributed by atoms with Gasteiger partial charge in [0.1, 0.15) is 0 Å². The summed E-state index contributed by atoms with van der Waals surface area (Å²) in [6, 6.07) is 3.36. The molecule has 0 atom stereocenters. The largest absolute Gasteiger partial charge is 0.302 e. The van der Waals surface area contributed by atoms with E-state index in [-0.39, 0.29) is 10.6 Å². The van der Waals surface area contributed by atoms with Gasteiger partial charge in [-0.25, -0.2) is 0 Å². The van der Waals surface area contributed by atoms with Crippen LogP contribution in [0.4, 0.5) is 5.69 Å². The average Bonchev–Trinajstić information content (AvgIpc) is 2.18. The topological polar surface area (TPSA) is 46.4 Å². The highest BCUT2D eigenvalue weighted by molar-refractivity contribution is 14.1. The summed E-state index contributed by atoms with van der Waals surface area (Å²) in [7, 11) is 2.07. The van der Waals surface area contributed by atoms with Crippen LogP contribution in [0.1, 0.15) is 11.1 Å². The summed E-state index contributed by atoms with van der Waals surface area (Å²) in [6.07, 6.45) is 0.906. The zero-order valence-electron chi connectivity index (χ0n) is 8.36. The molecule has 15 heavy (non-hydrogen) atoms. The van der Waals surface area contributed by atoms with Gasteiger partial charge in [0.25, 0.3) is 5.69 Å². The number of fused-ring (bicyclic) bond motifs is 1. The number of rotatable bonds is 1. The second kappa shape index (κ2) is 4.05. The summed E-state index contributed by atoms with van der Waals surface area (Å²) >= 11 is 2.18. The van der Waals surface area contributed by atoms with E-state index in [4.69, 9.17) is 0 Å². The molecular weight excluding hydrogens is 307 g/mol. The number of nitro benzene ring substituents is 1. The van der Waals surface area contributed by atoms with Crippen molar-refractivity contribution in [3.63, 3.8) is 0 Å². The number of hydrogen-bond donors (Lipinski definition) is 0. The highest BCUT2D eigenvalue weighted by atomic mass is 127. The van der Waals surface area contributed by atoms with Crippen LogP contribution in [0, 0.1) is 13.7 Å². The van der Waals surface area contributed by atoms with Crippen LogP contribution in [0.25, 0.3) is 0 Å². The summed E-state index contributed by atoms with van der Waals surface area (Å²) in [4.78, 5) is 12.6. The van der Waals surface area contributed by atoms with E-state index in [0.29, 0.717) is 0 Å². The molecule has 1 aliphatic heterocycles. The highest BCUT2D eigenvalue weighted by Crippen LogP contribution is 2.28. The molecule has 80 valence electrons. The minimum atomic E-state index is -0.319. The molecule has 0 saturated heterocycles. The van der Waals surface area contributed by atoms with Crippen molar-refractivity contribution in [3.05, 3.63) is 36.9 Å². The fraction of sp³-hybridized carbons (Fsp3) is 0.400. The first-order chi connectivity index (χ1) is 7.08. The molecule has 1 heterocycles. The molecular formula is C10H11IN2O2. The maximum absolute atomic E-state index is 10.7. The monoisotopic (exact) mass is 318 g/mol. The minimum Gasteiger partial charge on any atom is -0.302 e. The Bertz CT molecular complexity index is 420. The molecule has 5 heteroatoms. The lowest BCUT2D eigenvalue weighted by Crippen LogP contribution is -2.27. The van der Waals surface area contributed by atoms with Gasteiger partial charge in [-0.3, -0.25) is 10.1 Å². The molecule has 1 aliphatic rings. The van der Waals surface area contributed by atoms with Crippen molar-refractivity contribution in [1.29, 1.82) is 0 Å². The molecule has 0 spiro atoms. The average molecular weight is 318 g/mol.